The monoisotopic (exact) mass is 161 g/mol. The van der Waals surface area contributed by atoms with Gasteiger partial charge in [0.15, 0.2) is 0 Å². The van der Waals surface area contributed by atoms with Gasteiger partial charge in [0.1, 0.15) is 0 Å². The van der Waals surface area contributed by atoms with Gasteiger partial charge in [0, 0.05) is 13.7 Å². The zero-order valence-corrected chi connectivity index (χ0v) is 8.44. The summed E-state index contributed by atoms with van der Waals surface area (Å²) in [6, 6.07) is 0. The normalized spacial score (nSPS) is 8.73. The van der Waals surface area contributed by atoms with Crippen molar-refractivity contribution in [3.63, 3.8) is 0 Å². The Morgan fingerprint density at radius 3 is 2.00 bits per heavy atom. The zero-order chi connectivity index (χ0) is 8.95. The summed E-state index contributed by atoms with van der Waals surface area (Å²) in [5.41, 5.74) is 0. The van der Waals surface area contributed by atoms with E-state index >= 15 is 0 Å². The van der Waals surface area contributed by atoms with Crippen LogP contribution in [0.1, 0.15) is 33.6 Å². The second kappa shape index (κ2) is 16.5. The van der Waals surface area contributed by atoms with Gasteiger partial charge in [-0.15, -0.1) is 0 Å². The molecule has 70 valence electrons. The van der Waals surface area contributed by atoms with E-state index in [2.05, 4.69) is 26.1 Å². The van der Waals surface area contributed by atoms with Crippen LogP contribution >= 0.6 is 0 Å². The number of ether oxygens (including phenoxy) is 1. The third-order valence-corrected chi connectivity index (χ3v) is 0.910. The highest BCUT2D eigenvalue weighted by Gasteiger charge is 1.80. The van der Waals surface area contributed by atoms with Gasteiger partial charge in [-0.05, 0) is 13.0 Å². The molecule has 0 bridgehead atoms. The molecule has 0 saturated heterocycles. The standard InChI is InChI=1S/C6H15NO.C3H8/c1-3-4-7-5-6-8-2;1-3-2/h7H,3-6H2,1-2H3;3H2,1-2H3. The minimum absolute atomic E-state index is 0.819. The predicted octanol–water partition coefficient (Wildman–Crippen LogP) is 2.05. The minimum atomic E-state index is 0.819. The predicted molar refractivity (Wildman–Crippen MR) is 51.0 cm³/mol. The van der Waals surface area contributed by atoms with Crippen LogP contribution in [0.25, 0.3) is 0 Å². The van der Waals surface area contributed by atoms with E-state index in [0.29, 0.717) is 0 Å². The molecule has 0 heterocycles. The third-order valence-electron chi connectivity index (χ3n) is 0.910. The Hall–Kier alpha value is -0.0800. The van der Waals surface area contributed by atoms with E-state index < -0.39 is 0 Å². The maximum absolute atomic E-state index is 4.83. The first-order valence-electron chi connectivity index (χ1n) is 4.53. The van der Waals surface area contributed by atoms with Gasteiger partial charge < -0.3 is 10.1 Å². The van der Waals surface area contributed by atoms with E-state index in [1.807, 2.05) is 0 Å². The molecule has 0 fully saturated rings. The van der Waals surface area contributed by atoms with E-state index in [1.54, 1.807) is 7.11 Å². The average molecular weight is 161 g/mol. The van der Waals surface area contributed by atoms with Crippen LogP contribution < -0.4 is 5.32 Å². The molecule has 0 aromatic heterocycles. The van der Waals surface area contributed by atoms with Crippen LogP contribution in [0.2, 0.25) is 0 Å². The molecule has 0 aliphatic rings. The summed E-state index contributed by atoms with van der Waals surface area (Å²) in [7, 11) is 1.72. The average Bonchev–Trinajstić information content (AvgIpc) is 2.00. The van der Waals surface area contributed by atoms with Gasteiger partial charge in [0.05, 0.1) is 6.61 Å². The fraction of sp³-hybridized carbons (Fsp3) is 1.00. The summed E-state index contributed by atoms with van der Waals surface area (Å²) in [5.74, 6) is 0. The van der Waals surface area contributed by atoms with Gasteiger partial charge in [-0.1, -0.05) is 27.2 Å². The number of hydrogen-bond acceptors (Lipinski definition) is 2. The Morgan fingerprint density at radius 1 is 1.09 bits per heavy atom. The Balaban J connectivity index is 0. The van der Waals surface area contributed by atoms with Crippen LogP contribution in [0.15, 0.2) is 0 Å². The van der Waals surface area contributed by atoms with Gasteiger partial charge in [-0.25, -0.2) is 0 Å². The maximum atomic E-state index is 4.83. The third kappa shape index (κ3) is 25.7. The molecule has 0 spiro atoms. The molecule has 0 rings (SSSR count). The van der Waals surface area contributed by atoms with Gasteiger partial charge in [0.25, 0.3) is 0 Å². The Kier molecular flexibility index (Phi) is 20.2. The SMILES string of the molecule is CCC.CCCNCCOC. The summed E-state index contributed by atoms with van der Waals surface area (Å²) >= 11 is 0. The molecule has 0 unspecified atom stereocenters. The number of rotatable bonds is 5. The molecule has 0 amide bonds. The highest BCUT2D eigenvalue weighted by molar-refractivity contribution is 4.41. The lowest BCUT2D eigenvalue weighted by molar-refractivity contribution is 0.199. The topological polar surface area (TPSA) is 21.3 Å². The lowest BCUT2D eigenvalue weighted by atomic mass is 10.5. The molecule has 0 atom stereocenters. The molecule has 2 heteroatoms. The lowest BCUT2D eigenvalue weighted by Crippen LogP contribution is -2.19. The molecule has 11 heavy (non-hydrogen) atoms. The van der Waals surface area contributed by atoms with Crippen molar-refractivity contribution < 1.29 is 4.74 Å². The lowest BCUT2D eigenvalue weighted by Gasteiger charge is -1.98. The molecule has 0 aromatic carbocycles. The van der Waals surface area contributed by atoms with Gasteiger partial charge >= 0.3 is 0 Å². The van der Waals surface area contributed by atoms with Crippen LogP contribution in [0.5, 0.6) is 0 Å². The van der Waals surface area contributed by atoms with Gasteiger partial charge in [-0.3, -0.25) is 0 Å². The summed E-state index contributed by atoms with van der Waals surface area (Å²) in [5, 5.41) is 3.21. The van der Waals surface area contributed by atoms with E-state index in [0.717, 1.165) is 19.7 Å². The Morgan fingerprint density at radius 2 is 1.64 bits per heavy atom. The van der Waals surface area contributed by atoms with E-state index in [9.17, 15) is 0 Å². The Labute approximate surface area is 71.3 Å². The van der Waals surface area contributed by atoms with Crippen LogP contribution in [0, 0.1) is 0 Å². The van der Waals surface area contributed by atoms with E-state index in [-0.39, 0.29) is 0 Å². The fourth-order valence-corrected chi connectivity index (χ4v) is 0.476. The molecular weight excluding hydrogens is 138 g/mol. The Bertz CT molecular complexity index is 42.8. The van der Waals surface area contributed by atoms with E-state index in [1.165, 1.54) is 12.8 Å². The van der Waals surface area contributed by atoms with Crippen molar-refractivity contribution in [3.8, 4) is 0 Å². The van der Waals surface area contributed by atoms with Crippen molar-refractivity contribution in [2.45, 2.75) is 33.6 Å². The second-order valence-electron chi connectivity index (χ2n) is 2.45. The van der Waals surface area contributed by atoms with Crippen molar-refractivity contribution in [1.82, 2.24) is 5.32 Å². The van der Waals surface area contributed by atoms with Crippen LogP contribution in [0.4, 0.5) is 0 Å². The summed E-state index contributed by atoms with van der Waals surface area (Å²) in [6.45, 7) is 9.30. The van der Waals surface area contributed by atoms with Gasteiger partial charge in [0.2, 0.25) is 0 Å². The first-order chi connectivity index (χ1) is 5.33. The van der Waals surface area contributed by atoms with Crippen molar-refractivity contribution >= 4 is 0 Å². The van der Waals surface area contributed by atoms with Crippen molar-refractivity contribution in [1.29, 1.82) is 0 Å². The summed E-state index contributed by atoms with van der Waals surface area (Å²) in [4.78, 5) is 0. The number of nitrogens with one attached hydrogen (secondary N) is 1. The minimum Gasteiger partial charge on any atom is -0.383 e. The molecule has 0 aliphatic heterocycles. The highest BCUT2D eigenvalue weighted by Crippen LogP contribution is 1.68. The fourth-order valence-electron chi connectivity index (χ4n) is 0.476. The smallest absolute Gasteiger partial charge is 0.0587 e. The first-order valence-corrected chi connectivity index (χ1v) is 4.53. The molecule has 2 nitrogen and oxygen atoms in total. The van der Waals surface area contributed by atoms with Crippen molar-refractivity contribution in [2.24, 2.45) is 0 Å². The van der Waals surface area contributed by atoms with Crippen LogP contribution in [-0.2, 0) is 4.74 Å². The van der Waals surface area contributed by atoms with Crippen molar-refractivity contribution in [2.75, 3.05) is 26.8 Å². The van der Waals surface area contributed by atoms with E-state index in [4.69, 9.17) is 4.74 Å². The van der Waals surface area contributed by atoms with Crippen molar-refractivity contribution in [3.05, 3.63) is 0 Å². The maximum Gasteiger partial charge on any atom is 0.0587 e. The zero-order valence-electron chi connectivity index (χ0n) is 8.44. The largest absolute Gasteiger partial charge is 0.383 e. The molecule has 0 radical (unpaired) electrons. The molecular formula is C9H23NO. The van der Waals surface area contributed by atoms with Gasteiger partial charge in [-0.2, -0.15) is 0 Å². The highest BCUT2D eigenvalue weighted by atomic mass is 16.5. The summed E-state index contributed by atoms with van der Waals surface area (Å²) < 4.78 is 4.83. The summed E-state index contributed by atoms with van der Waals surface area (Å²) in [6.07, 6.45) is 2.45. The first kappa shape index (κ1) is 13.5. The molecule has 0 saturated carbocycles. The van der Waals surface area contributed by atoms with Crippen LogP contribution in [-0.4, -0.2) is 26.8 Å². The quantitative estimate of drug-likeness (QED) is 0.623. The number of hydrogen-bond donors (Lipinski definition) is 1. The number of methoxy groups -OCH3 is 1. The van der Waals surface area contributed by atoms with Crippen LogP contribution in [0.3, 0.4) is 0 Å². The molecule has 0 aliphatic carbocycles. The molecule has 0 aromatic rings. The molecule has 1 N–H and O–H groups in total. The second-order valence-corrected chi connectivity index (χ2v) is 2.45.